The number of rotatable bonds is 6. The van der Waals surface area contributed by atoms with Crippen LogP contribution in [0, 0.1) is 11.8 Å². The van der Waals surface area contributed by atoms with Gasteiger partial charge in [0.1, 0.15) is 0 Å². The SMILES string of the molecule is CC(C)NCC(Cc1ccccc1)C(C)C. The molecule has 90 valence electrons. The second kappa shape index (κ2) is 6.70. The van der Waals surface area contributed by atoms with Crippen molar-refractivity contribution in [2.45, 2.75) is 40.2 Å². The molecule has 0 fully saturated rings. The van der Waals surface area contributed by atoms with Crippen molar-refractivity contribution in [2.24, 2.45) is 11.8 Å². The van der Waals surface area contributed by atoms with Crippen LogP contribution in [0.1, 0.15) is 33.3 Å². The Morgan fingerprint density at radius 3 is 2.12 bits per heavy atom. The molecule has 0 amide bonds. The smallest absolute Gasteiger partial charge is 0.00104 e. The molecule has 1 aromatic rings. The van der Waals surface area contributed by atoms with Gasteiger partial charge in [0, 0.05) is 6.04 Å². The average molecular weight is 219 g/mol. The van der Waals surface area contributed by atoms with Gasteiger partial charge >= 0.3 is 0 Å². The third kappa shape index (κ3) is 4.80. The Morgan fingerprint density at radius 2 is 1.62 bits per heavy atom. The van der Waals surface area contributed by atoms with E-state index in [1.54, 1.807) is 0 Å². The van der Waals surface area contributed by atoms with Gasteiger partial charge in [-0.15, -0.1) is 0 Å². The monoisotopic (exact) mass is 219 g/mol. The maximum atomic E-state index is 3.55. The minimum atomic E-state index is 0.581. The van der Waals surface area contributed by atoms with E-state index >= 15 is 0 Å². The van der Waals surface area contributed by atoms with Crippen molar-refractivity contribution in [3.05, 3.63) is 35.9 Å². The fraction of sp³-hybridized carbons (Fsp3) is 0.600. The van der Waals surface area contributed by atoms with Gasteiger partial charge in [0.2, 0.25) is 0 Å². The van der Waals surface area contributed by atoms with Crippen molar-refractivity contribution in [1.82, 2.24) is 5.32 Å². The number of nitrogens with one attached hydrogen (secondary N) is 1. The molecule has 1 rings (SSSR count). The zero-order valence-corrected chi connectivity index (χ0v) is 11.0. The van der Waals surface area contributed by atoms with Crippen LogP contribution in [0.15, 0.2) is 30.3 Å². The lowest BCUT2D eigenvalue weighted by Crippen LogP contribution is -2.32. The van der Waals surface area contributed by atoms with Gasteiger partial charge in [0.25, 0.3) is 0 Å². The van der Waals surface area contributed by atoms with Crippen LogP contribution < -0.4 is 5.32 Å². The summed E-state index contributed by atoms with van der Waals surface area (Å²) in [5.41, 5.74) is 1.45. The van der Waals surface area contributed by atoms with Gasteiger partial charge in [0.15, 0.2) is 0 Å². The zero-order chi connectivity index (χ0) is 12.0. The van der Waals surface area contributed by atoms with Crippen molar-refractivity contribution < 1.29 is 0 Å². The highest BCUT2D eigenvalue weighted by atomic mass is 14.9. The highest BCUT2D eigenvalue weighted by molar-refractivity contribution is 5.15. The molecule has 1 aromatic carbocycles. The molecule has 0 aromatic heterocycles. The second-order valence-corrected chi connectivity index (χ2v) is 5.26. The molecule has 0 aliphatic carbocycles. The standard InChI is InChI=1S/C15H25N/c1-12(2)15(11-16-13(3)4)10-14-8-6-5-7-9-14/h5-9,12-13,15-16H,10-11H2,1-4H3. The Labute approximate surface area is 100 Å². The molecule has 0 heterocycles. The molecule has 0 radical (unpaired) electrons. The molecule has 1 heteroatoms. The molecule has 16 heavy (non-hydrogen) atoms. The summed E-state index contributed by atoms with van der Waals surface area (Å²) in [6, 6.07) is 11.4. The lowest BCUT2D eigenvalue weighted by molar-refractivity contribution is 0.349. The molecule has 1 nitrogen and oxygen atoms in total. The van der Waals surface area contributed by atoms with Gasteiger partial charge in [-0.25, -0.2) is 0 Å². The predicted octanol–water partition coefficient (Wildman–Crippen LogP) is 3.50. The number of benzene rings is 1. The van der Waals surface area contributed by atoms with Crippen LogP contribution in [0.25, 0.3) is 0 Å². The Kier molecular flexibility index (Phi) is 5.54. The van der Waals surface area contributed by atoms with Crippen LogP contribution in [0.3, 0.4) is 0 Å². The first-order chi connectivity index (χ1) is 7.59. The van der Waals surface area contributed by atoms with Crippen molar-refractivity contribution in [2.75, 3.05) is 6.54 Å². The third-order valence-electron chi connectivity index (χ3n) is 3.07. The first-order valence-corrected chi connectivity index (χ1v) is 6.37. The van der Waals surface area contributed by atoms with E-state index in [0.29, 0.717) is 6.04 Å². The van der Waals surface area contributed by atoms with Gasteiger partial charge in [0.05, 0.1) is 0 Å². The average Bonchev–Trinajstić information content (AvgIpc) is 2.25. The molecule has 1 unspecified atom stereocenters. The minimum absolute atomic E-state index is 0.581. The van der Waals surface area contributed by atoms with Crippen molar-refractivity contribution in [1.29, 1.82) is 0 Å². The first-order valence-electron chi connectivity index (χ1n) is 6.37. The van der Waals surface area contributed by atoms with Crippen molar-refractivity contribution in [3.63, 3.8) is 0 Å². The summed E-state index contributed by atoms with van der Waals surface area (Å²) in [7, 11) is 0. The Morgan fingerprint density at radius 1 is 1.00 bits per heavy atom. The Bertz CT molecular complexity index is 277. The van der Waals surface area contributed by atoms with Gasteiger partial charge < -0.3 is 5.32 Å². The summed E-state index contributed by atoms with van der Waals surface area (Å²) in [5, 5.41) is 3.55. The highest BCUT2D eigenvalue weighted by Crippen LogP contribution is 2.16. The third-order valence-corrected chi connectivity index (χ3v) is 3.07. The van der Waals surface area contributed by atoms with Gasteiger partial charge in [-0.1, -0.05) is 58.0 Å². The molecule has 0 saturated carbocycles. The van der Waals surface area contributed by atoms with Crippen LogP contribution in [0.5, 0.6) is 0 Å². The molecule has 0 spiro atoms. The molecule has 1 atom stereocenters. The normalized spacial score (nSPS) is 13.4. The van der Waals surface area contributed by atoms with Crippen LogP contribution in [-0.2, 0) is 6.42 Å². The van der Waals surface area contributed by atoms with Crippen molar-refractivity contribution in [3.8, 4) is 0 Å². The number of hydrogen-bond acceptors (Lipinski definition) is 1. The summed E-state index contributed by atoms with van der Waals surface area (Å²) in [5.74, 6) is 1.45. The van der Waals surface area contributed by atoms with Gasteiger partial charge in [-0.2, -0.15) is 0 Å². The van der Waals surface area contributed by atoms with Gasteiger partial charge in [-0.05, 0) is 30.4 Å². The van der Waals surface area contributed by atoms with Crippen LogP contribution in [0.2, 0.25) is 0 Å². The van der Waals surface area contributed by atoms with E-state index in [1.807, 2.05) is 0 Å². The van der Waals surface area contributed by atoms with Gasteiger partial charge in [-0.3, -0.25) is 0 Å². The maximum Gasteiger partial charge on any atom is 0.00104 e. The summed E-state index contributed by atoms with van der Waals surface area (Å²) in [6.07, 6.45) is 1.18. The second-order valence-electron chi connectivity index (χ2n) is 5.26. The Balaban J connectivity index is 2.51. The molecule has 0 saturated heterocycles. The van der Waals surface area contributed by atoms with Crippen molar-refractivity contribution >= 4 is 0 Å². The van der Waals surface area contributed by atoms with Crippen LogP contribution >= 0.6 is 0 Å². The van der Waals surface area contributed by atoms with Crippen LogP contribution in [0.4, 0.5) is 0 Å². The molecular formula is C15H25N. The van der Waals surface area contributed by atoms with E-state index in [2.05, 4.69) is 63.3 Å². The predicted molar refractivity (Wildman–Crippen MR) is 71.6 cm³/mol. The fourth-order valence-corrected chi connectivity index (χ4v) is 1.85. The minimum Gasteiger partial charge on any atom is -0.314 e. The molecular weight excluding hydrogens is 194 g/mol. The van der Waals surface area contributed by atoms with E-state index in [1.165, 1.54) is 12.0 Å². The lowest BCUT2D eigenvalue weighted by atomic mass is 9.89. The van der Waals surface area contributed by atoms with E-state index in [9.17, 15) is 0 Å². The topological polar surface area (TPSA) is 12.0 Å². The lowest BCUT2D eigenvalue weighted by Gasteiger charge is -2.22. The molecule has 0 aliphatic rings. The molecule has 0 aliphatic heterocycles. The summed E-state index contributed by atoms with van der Waals surface area (Å²) in [6.45, 7) is 10.2. The summed E-state index contributed by atoms with van der Waals surface area (Å²) < 4.78 is 0. The largest absolute Gasteiger partial charge is 0.314 e. The van der Waals surface area contributed by atoms with E-state index in [0.717, 1.165) is 18.4 Å². The summed E-state index contributed by atoms with van der Waals surface area (Å²) >= 11 is 0. The van der Waals surface area contributed by atoms with Crippen LogP contribution in [-0.4, -0.2) is 12.6 Å². The fourth-order valence-electron chi connectivity index (χ4n) is 1.85. The quantitative estimate of drug-likeness (QED) is 0.772. The zero-order valence-electron chi connectivity index (χ0n) is 11.0. The number of hydrogen-bond donors (Lipinski definition) is 1. The first kappa shape index (κ1) is 13.2. The molecule has 1 N–H and O–H groups in total. The van der Waals surface area contributed by atoms with E-state index in [4.69, 9.17) is 0 Å². The molecule has 0 bridgehead atoms. The maximum absolute atomic E-state index is 3.55. The summed E-state index contributed by atoms with van der Waals surface area (Å²) in [4.78, 5) is 0. The Hall–Kier alpha value is -0.820. The highest BCUT2D eigenvalue weighted by Gasteiger charge is 2.14. The van der Waals surface area contributed by atoms with E-state index < -0.39 is 0 Å². The van der Waals surface area contributed by atoms with E-state index in [-0.39, 0.29) is 0 Å².